The lowest BCUT2D eigenvalue weighted by molar-refractivity contribution is -0.125. The summed E-state index contributed by atoms with van der Waals surface area (Å²) in [5.74, 6) is -0.244. The molecular formula is C21H24N2O3. The lowest BCUT2D eigenvalue weighted by atomic mass is 10.0. The normalized spacial score (nSPS) is 15.8. The van der Waals surface area contributed by atoms with Crippen LogP contribution in [-0.2, 0) is 16.1 Å². The molecule has 0 radical (unpaired) electrons. The van der Waals surface area contributed by atoms with Gasteiger partial charge in [-0.05, 0) is 30.5 Å². The van der Waals surface area contributed by atoms with Crippen molar-refractivity contribution in [3.8, 4) is 0 Å². The summed E-state index contributed by atoms with van der Waals surface area (Å²) in [5.41, 5.74) is 3.53. The van der Waals surface area contributed by atoms with Gasteiger partial charge in [0, 0.05) is 32.4 Å². The van der Waals surface area contributed by atoms with Crippen LogP contribution < -0.4 is 5.32 Å². The average Bonchev–Trinajstić information content (AvgIpc) is 2.91. The smallest absolute Gasteiger partial charge is 0.255 e. The zero-order valence-corrected chi connectivity index (χ0v) is 15.2. The molecule has 0 fully saturated rings. The van der Waals surface area contributed by atoms with Crippen LogP contribution in [0.15, 0.2) is 48.5 Å². The first-order valence-corrected chi connectivity index (χ1v) is 8.84. The molecule has 2 aromatic carbocycles. The van der Waals surface area contributed by atoms with Crippen molar-refractivity contribution in [2.75, 3.05) is 20.3 Å². The van der Waals surface area contributed by atoms with E-state index in [-0.39, 0.29) is 11.8 Å². The number of aryl methyl sites for hydroxylation is 1. The van der Waals surface area contributed by atoms with E-state index in [0.29, 0.717) is 25.3 Å². The molecule has 26 heavy (non-hydrogen) atoms. The van der Waals surface area contributed by atoms with Gasteiger partial charge in [0.1, 0.15) is 6.04 Å². The Bertz CT molecular complexity index is 803. The van der Waals surface area contributed by atoms with E-state index in [1.807, 2.05) is 49.4 Å². The molecule has 0 unspecified atom stereocenters. The number of nitrogens with one attached hydrogen (secondary N) is 1. The third-order valence-corrected chi connectivity index (χ3v) is 4.57. The van der Waals surface area contributed by atoms with Crippen molar-refractivity contribution in [3.05, 3.63) is 70.8 Å². The number of fused-ring (bicyclic) bond motifs is 1. The second-order valence-electron chi connectivity index (χ2n) is 6.55. The van der Waals surface area contributed by atoms with Crippen LogP contribution in [0, 0.1) is 6.92 Å². The van der Waals surface area contributed by atoms with E-state index in [9.17, 15) is 9.59 Å². The molecule has 2 aromatic rings. The van der Waals surface area contributed by atoms with E-state index >= 15 is 0 Å². The fourth-order valence-corrected chi connectivity index (χ4v) is 3.35. The molecule has 1 N–H and O–H groups in total. The highest BCUT2D eigenvalue weighted by atomic mass is 16.5. The maximum atomic E-state index is 12.9. The van der Waals surface area contributed by atoms with Crippen molar-refractivity contribution < 1.29 is 14.3 Å². The molecule has 3 rings (SSSR count). The van der Waals surface area contributed by atoms with Gasteiger partial charge in [0.05, 0.1) is 0 Å². The predicted octanol–water partition coefficient (Wildman–Crippen LogP) is 2.84. The third-order valence-electron chi connectivity index (χ3n) is 4.57. The molecule has 1 atom stereocenters. The third kappa shape index (κ3) is 3.78. The van der Waals surface area contributed by atoms with Crippen molar-refractivity contribution in [1.29, 1.82) is 0 Å². The second-order valence-corrected chi connectivity index (χ2v) is 6.55. The summed E-state index contributed by atoms with van der Waals surface area (Å²) in [6, 6.07) is 14.8. The fraction of sp³-hybridized carbons (Fsp3) is 0.333. The monoisotopic (exact) mass is 352 g/mol. The van der Waals surface area contributed by atoms with Crippen molar-refractivity contribution in [3.63, 3.8) is 0 Å². The van der Waals surface area contributed by atoms with Crippen LogP contribution in [0.4, 0.5) is 0 Å². The number of rotatable bonds is 7. The minimum Gasteiger partial charge on any atom is -0.385 e. The molecule has 1 heterocycles. The van der Waals surface area contributed by atoms with Crippen LogP contribution in [0.2, 0.25) is 0 Å². The Morgan fingerprint density at radius 2 is 2.00 bits per heavy atom. The van der Waals surface area contributed by atoms with Gasteiger partial charge >= 0.3 is 0 Å². The topological polar surface area (TPSA) is 58.6 Å². The van der Waals surface area contributed by atoms with Crippen LogP contribution in [0.1, 0.15) is 39.5 Å². The minimum atomic E-state index is -0.596. The molecule has 5 heteroatoms. The number of methoxy groups -OCH3 is 1. The Morgan fingerprint density at radius 3 is 2.77 bits per heavy atom. The van der Waals surface area contributed by atoms with Crippen LogP contribution in [0.25, 0.3) is 0 Å². The van der Waals surface area contributed by atoms with Crippen LogP contribution in [-0.4, -0.2) is 37.0 Å². The zero-order valence-electron chi connectivity index (χ0n) is 15.2. The fourth-order valence-electron chi connectivity index (χ4n) is 3.35. The lowest BCUT2D eigenvalue weighted by Crippen LogP contribution is -2.39. The van der Waals surface area contributed by atoms with Gasteiger partial charge in [-0.3, -0.25) is 9.59 Å². The first-order chi connectivity index (χ1) is 12.6. The molecule has 1 aliphatic heterocycles. The van der Waals surface area contributed by atoms with Crippen LogP contribution in [0.3, 0.4) is 0 Å². The number of hydrogen-bond donors (Lipinski definition) is 1. The molecule has 0 aromatic heterocycles. The van der Waals surface area contributed by atoms with Gasteiger partial charge in [-0.1, -0.05) is 48.0 Å². The van der Waals surface area contributed by atoms with Gasteiger partial charge in [0.15, 0.2) is 0 Å². The predicted molar refractivity (Wildman–Crippen MR) is 99.7 cm³/mol. The van der Waals surface area contributed by atoms with Crippen LogP contribution >= 0.6 is 0 Å². The van der Waals surface area contributed by atoms with Crippen molar-refractivity contribution >= 4 is 11.8 Å². The number of nitrogens with zero attached hydrogens (tertiary/aromatic N) is 1. The maximum absolute atomic E-state index is 12.9. The molecule has 0 spiro atoms. The number of carbonyl (C=O) groups excluding carboxylic acids is 2. The van der Waals surface area contributed by atoms with E-state index in [0.717, 1.165) is 23.1 Å². The molecule has 5 nitrogen and oxygen atoms in total. The van der Waals surface area contributed by atoms with Crippen molar-refractivity contribution in [2.24, 2.45) is 0 Å². The standard InChI is InChI=1S/C21H24N2O3/c1-15-7-5-8-16(13-15)14-23-19(20(24)22-11-6-12-26-2)17-9-3-4-10-18(17)21(23)25/h3-5,7-10,13,19H,6,11-12,14H2,1-2H3,(H,22,24)/t19-/m1/s1. The number of amides is 2. The highest BCUT2D eigenvalue weighted by molar-refractivity contribution is 6.04. The first kappa shape index (κ1) is 18.1. The highest BCUT2D eigenvalue weighted by Gasteiger charge is 2.40. The van der Waals surface area contributed by atoms with Gasteiger partial charge in [0.25, 0.3) is 5.91 Å². The largest absolute Gasteiger partial charge is 0.385 e. The number of hydrogen-bond acceptors (Lipinski definition) is 3. The summed E-state index contributed by atoms with van der Waals surface area (Å²) in [4.78, 5) is 27.4. The average molecular weight is 352 g/mol. The van der Waals surface area contributed by atoms with Crippen molar-refractivity contribution in [1.82, 2.24) is 10.2 Å². The highest BCUT2D eigenvalue weighted by Crippen LogP contribution is 2.35. The SMILES string of the molecule is COCCCNC(=O)[C@H]1c2ccccc2C(=O)N1Cc1cccc(C)c1. The Balaban J connectivity index is 1.84. The van der Waals surface area contributed by atoms with E-state index < -0.39 is 6.04 Å². The molecule has 0 aliphatic carbocycles. The Hall–Kier alpha value is -2.66. The van der Waals surface area contributed by atoms with E-state index in [4.69, 9.17) is 4.74 Å². The molecule has 1 aliphatic rings. The van der Waals surface area contributed by atoms with Gasteiger partial charge in [0.2, 0.25) is 5.91 Å². The van der Waals surface area contributed by atoms with E-state index in [1.165, 1.54) is 0 Å². The second kappa shape index (κ2) is 8.15. The van der Waals surface area contributed by atoms with Gasteiger partial charge < -0.3 is 15.0 Å². The summed E-state index contributed by atoms with van der Waals surface area (Å²) in [7, 11) is 1.64. The number of carbonyl (C=O) groups is 2. The first-order valence-electron chi connectivity index (χ1n) is 8.84. The molecule has 0 saturated heterocycles. The Kier molecular flexibility index (Phi) is 5.68. The van der Waals surface area contributed by atoms with Gasteiger partial charge in [-0.15, -0.1) is 0 Å². The molecule has 0 saturated carbocycles. The molecule has 136 valence electrons. The van der Waals surface area contributed by atoms with E-state index in [1.54, 1.807) is 18.1 Å². The summed E-state index contributed by atoms with van der Waals surface area (Å²) in [6.45, 7) is 3.54. The summed E-state index contributed by atoms with van der Waals surface area (Å²) < 4.78 is 5.02. The van der Waals surface area contributed by atoms with Crippen molar-refractivity contribution in [2.45, 2.75) is 25.9 Å². The van der Waals surface area contributed by atoms with Gasteiger partial charge in [-0.2, -0.15) is 0 Å². The summed E-state index contributed by atoms with van der Waals surface area (Å²) >= 11 is 0. The minimum absolute atomic E-state index is 0.0980. The number of ether oxygens (including phenoxy) is 1. The van der Waals surface area contributed by atoms with E-state index in [2.05, 4.69) is 5.32 Å². The zero-order chi connectivity index (χ0) is 18.5. The summed E-state index contributed by atoms with van der Waals surface area (Å²) in [5, 5.41) is 2.94. The number of benzene rings is 2. The lowest BCUT2D eigenvalue weighted by Gasteiger charge is -2.25. The quantitative estimate of drug-likeness (QED) is 0.780. The van der Waals surface area contributed by atoms with Crippen LogP contribution in [0.5, 0.6) is 0 Å². The van der Waals surface area contributed by atoms with Gasteiger partial charge in [-0.25, -0.2) is 0 Å². The molecular weight excluding hydrogens is 328 g/mol. The molecule has 2 amide bonds. The maximum Gasteiger partial charge on any atom is 0.255 e. The Morgan fingerprint density at radius 1 is 1.19 bits per heavy atom. The molecule has 0 bridgehead atoms. The summed E-state index contributed by atoms with van der Waals surface area (Å²) in [6.07, 6.45) is 0.739. The Labute approximate surface area is 154 Å².